The van der Waals surface area contributed by atoms with Crippen LogP contribution >= 0.6 is 0 Å². The summed E-state index contributed by atoms with van der Waals surface area (Å²) in [6.07, 6.45) is 4.76. The van der Waals surface area contributed by atoms with Gasteiger partial charge in [0.15, 0.2) is 16.9 Å². The van der Waals surface area contributed by atoms with Crippen LogP contribution in [-0.4, -0.2) is 58.3 Å². The van der Waals surface area contributed by atoms with Gasteiger partial charge in [0.05, 0.1) is 12.8 Å². The summed E-state index contributed by atoms with van der Waals surface area (Å²) in [5, 5.41) is 0. The van der Waals surface area contributed by atoms with E-state index in [4.69, 9.17) is 10.7 Å². The van der Waals surface area contributed by atoms with E-state index in [2.05, 4.69) is 4.72 Å². The first kappa shape index (κ1) is 27.3. The maximum atomic E-state index is 13.7. The van der Waals surface area contributed by atoms with E-state index < -0.39 is 33.6 Å². The number of aryl methyl sites for hydroxylation is 1. The standard InChI is InChI=1S/C25H33N7O5S/c1-16(2)10-12-31-21-22(27-24(31)30-11-6-8-18(26)14-30)29(3)25(35)32(23(21)34)15-20(33)17-7-5-9-19(13-17)28-38(4,36)37/h5,7,9-10,13,18,28H,6,8,11-12,14-15,26H2,1-4H3. The number of carbonyl (C=O) groups excluding carboxylic acids is 1. The van der Waals surface area contributed by atoms with Crippen molar-refractivity contribution in [2.45, 2.75) is 45.8 Å². The van der Waals surface area contributed by atoms with Crippen LogP contribution in [0.2, 0.25) is 0 Å². The van der Waals surface area contributed by atoms with Crippen molar-refractivity contribution in [3.63, 3.8) is 0 Å². The second-order valence-corrected chi connectivity index (χ2v) is 11.7. The molecule has 2 aromatic heterocycles. The zero-order valence-corrected chi connectivity index (χ0v) is 22.8. The van der Waals surface area contributed by atoms with Gasteiger partial charge in [0.25, 0.3) is 5.56 Å². The molecule has 1 atom stereocenters. The van der Waals surface area contributed by atoms with Gasteiger partial charge in [0.1, 0.15) is 0 Å². The van der Waals surface area contributed by atoms with E-state index in [1.807, 2.05) is 24.8 Å². The largest absolute Gasteiger partial charge is 0.341 e. The third kappa shape index (κ3) is 5.73. The van der Waals surface area contributed by atoms with Crippen molar-refractivity contribution >= 4 is 38.6 Å². The molecule has 0 aliphatic carbocycles. The van der Waals surface area contributed by atoms with Crippen molar-refractivity contribution in [1.82, 2.24) is 18.7 Å². The molecular formula is C25H33N7O5S. The normalized spacial score (nSPS) is 16.0. The number of hydrogen-bond acceptors (Lipinski definition) is 8. The Balaban J connectivity index is 1.82. The first-order valence-electron chi connectivity index (χ1n) is 12.3. The highest BCUT2D eigenvalue weighted by Gasteiger charge is 2.26. The molecule has 4 rings (SSSR count). The number of nitrogens with two attached hydrogens (primary N) is 1. The van der Waals surface area contributed by atoms with E-state index in [0.29, 0.717) is 19.0 Å². The van der Waals surface area contributed by atoms with Crippen LogP contribution in [0.4, 0.5) is 11.6 Å². The van der Waals surface area contributed by atoms with Gasteiger partial charge in [-0.25, -0.2) is 13.2 Å². The Labute approximate surface area is 220 Å². The van der Waals surface area contributed by atoms with Crippen LogP contribution in [0.5, 0.6) is 0 Å². The molecule has 13 heteroatoms. The van der Waals surface area contributed by atoms with Gasteiger partial charge in [-0.2, -0.15) is 4.98 Å². The van der Waals surface area contributed by atoms with Crippen molar-refractivity contribution in [3.05, 3.63) is 62.3 Å². The minimum absolute atomic E-state index is 0.0217. The smallest absolute Gasteiger partial charge is 0.332 e. The SMILES string of the molecule is CC(C)=CCn1c(N2CCCC(N)C2)nc2c1c(=O)n(CC(=O)c1cccc(NS(C)(=O)=O)c1)c(=O)n2C. The first-order valence-corrected chi connectivity index (χ1v) is 14.2. The Morgan fingerprint density at radius 3 is 2.63 bits per heavy atom. The average molecular weight is 544 g/mol. The number of fused-ring (bicyclic) bond motifs is 1. The van der Waals surface area contributed by atoms with E-state index in [1.165, 1.54) is 35.9 Å². The van der Waals surface area contributed by atoms with Crippen molar-refractivity contribution in [2.24, 2.45) is 12.8 Å². The summed E-state index contributed by atoms with van der Waals surface area (Å²) in [7, 11) is -2.03. The number of imidazole rings is 1. The van der Waals surface area contributed by atoms with E-state index >= 15 is 0 Å². The molecule has 1 saturated heterocycles. The number of ketones is 1. The highest BCUT2D eigenvalue weighted by molar-refractivity contribution is 7.92. The molecule has 3 heterocycles. The minimum Gasteiger partial charge on any atom is -0.341 e. The molecule has 1 unspecified atom stereocenters. The maximum absolute atomic E-state index is 13.7. The fraction of sp³-hybridized carbons (Fsp3) is 0.440. The number of anilines is 2. The number of benzene rings is 1. The van der Waals surface area contributed by atoms with E-state index in [0.717, 1.165) is 35.8 Å². The fourth-order valence-corrected chi connectivity index (χ4v) is 5.14. The average Bonchev–Trinajstić information content (AvgIpc) is 3.23. The molecule has 0 saturated carbocycles. The van der Waals surface area contributed by atoms with Gasteiger partial charge in [0, 0.05) is 44.0 Å². The van der Waals surface area contributed by atoms with Gasteiger partial charge in [-0.15, -0.1) is 0 Å². The first-order chi connectivity index (χ1) is 17.9. The van der Waals surface area contributed by atoms with Gasteiger partial charge in [-0.3, -0.25) is 23.4 Å². The summed E-state index contributed by atoms with van der Waals surface area (Å²) in [6, 6.07) is 5.88. The zero-order valence-electron chi connectivity index (χ0n) is 22.0. The summed E-state index contributed by atoms with van der Waals surface area (Å²) < 4.78 is 29.4. The predicted molar refractivity (Wildman–Crippen MR) is 147 cm³/mol. The van der Waals surface area contributed by atoms with Gasteiger partial charge in [-0.05, 0) is 38.8 Å². The molecule has 1 aliphatic heterocycles. The topological polar surface area (TPSA) is 154 Å². The maximum Gasteiger partial charge on any atom is 0.332 e. The number of carbonyl (C=O) groups is 1. The number of nitrogens with one attached hydrogen (secondary N) is 1. The van der Waals surface area contributed by atoms with E-state index in [9.17, 15) is 22.8 Å². The molecule has 1 aliphatic rings. The van der Waals surface area contributed by atoms with Crippen LogP contribution in [-0.2, 0) is 30.2 Å². The van der Waals surface area contributed by atoms with Crippen LogP contribution in [0.15, 0.2) is 45.5 Å². The Hall–Kier alpha value is -3.71. The lowest BCUT2D eigenvalue weighted by Gasteiger charge is -2.31. The van der Waals surface area contributed by atoms with E-state index in [-0.39, 0.29) is 28.5 Å². The third-order valence-corrected chi connectivity index (χ3v) is 7.03. The predicted octanol–water partition coefficient (Wildman–Crippen LogP) is 1.04. The second-order valence-electron chi connectivity index (χ2n) is 9.94. The third-order valence-electron chi connectivity index (χ3n) is 6.42. The van der Waals surface area contributed by atoms with Crippen LogP contribution in [0, 0.1) is 0 Å². The number of rotatable bonds is 8. The lowest BCUT2D eigenvalue weighted by atomic mass is 10.1. The number of allylic oxidation sites excluding steroid dienone is 2. The highest BCUT2D eigenvalue weighted by Crippen LogP contribution is 2.23. The van der Waals surface area contributed by atoms with Crippen molar-refractivity contribution in [3.8, 4) is 0 Å². The molecular weight excluding hydrogens is 510 g/mol. The molecule has 0 radical (unpaired) electrons. The molecule has 38 heavy (non-hydrogen) atoms. The van der Waals surface area contributed by atoms with Crippen molar-refractivity contribution < 1.29 is 13.2 Å². The Kier molecular flexibility index (Phi) is 7.61. The summed E-state index contributed by atoms with van der Waals surface area (Å²) in [5.74, 6) is 0.0432. The fourth-order valence-electron chi connectivity index (χ4n) is 4.58. The Bertz CT molecular complexity index is 1640. The molecule has 1 fully saturated rings. The molecule has 12 nitrogen and oxygen atoms in total. The summed E-state index contributed by atoms with van der Waals surface area (Å²) in [6.45, 7) is 5.06. The zero-order chi connectivity index (χ0) is 27.8. The van der Waals surface area contributed by atoms with Crippen LogP contribution in [0.25, 0.3) is 11.2 Å². The summed E-state index contributed by atoms with van der Waals surface area (Å²) in [4.78, 5) is 46.8. The number of sulfonamides is 1. The molecule has 0 bridgehead atoms. The number of nitrogens with zero attached hydrogens (tertiary/aromatic N) is 5. The lowest BCUT2D eigenvalue weighted by molar-refractivity contribution is 0.0969. The molecule has 1 aromatic carbocycles. The van der Waals surface area contributed by atoms with E-state index in [1.54, 1.807) is 4.57 Å². The minimum atomic E-state index is -3.55. The second kappa shape index (κ2) is 10.6. The number of hydrogen-bond donors (Lipinski definition) is 2. The summed E-state index contributed by atoms with van der Waals surface area (Å²) in [5.41, 5.74) is 6.79. The molecule has 3 N–H and O–H groups in total. The van der Waals surface area contributed by atoms with Gasteiger partial charge < -0.3 is 15.2 Å². The van der Waals surface area contributed by atoms with Gasteiger partial charge in [0.2, 0.25) is 16.0 Å². The van der Waals surface area contributed by atoms with Crippen LogP contribution < -0.4 is 26.6 Å². The van der Waals surface area contributed by atoms with Gasteiger partial charge in [-0.1, -0.05) is 23.8 Å². The Morgan fingerprint density at radius 1 is 1.24 bits per heavy atom. The van der Waals surface area contributed by atoms with Gasteiger partial charge >= 0.3 is 5.69 Å². The lowest BCUT2D eigenvalue weighted by Crippen LogP contribution is -2.44. The Morgan fingerprint density at radius 2 is 1.97 bits per heavy atom. The highest BCUT2D eigenvalue weighted by atomic mass is 32.2. The monoisotopic (exact) mass is 543 g/mol. The van der Waals surface area contributed by atoms with Crippen LogP contribution in [0.1, 0.15) is 37.0 Å². The molecule has 204 valence electrons. The number of aromatic nitrogens is 4. The summed E-state index contributed by atoms with van der Waals surface area (Å²) >= 11 is 0. The number of piperidine rings is 1. The van der Waals surface area contributed by atoms with Crippen molar-refractivity contribution in [1.29, 1.82) is 0 Å². The molecule has 3 aromatic rings. The van der Waals surface area contributed by atoms with Crippen molar-refractivity contribution in [2.75, 3.05) is 29.0 Å². The number of Topliss-reactive ketones (excluding diaryl/α,β-unsaturated/α-hetero) is 1. The molecule has 0 amide bonds. The quantitative estimate of drug-likeness (QED) is 0.316. The van der Waals surface area contributed by atoms with Crippen LogP contribution in [0.3, 0.4) is 0 Å². The molecule has 0 spiro atoms.